The summed E-state index contributed by atoms with van der Waals surface area (Å²) in [7, 11) is 3.72. The first-order valence-corrected chi connectivity index (χ1v) is 5.82. The third-order valence-electron chi connectivity index (χ3n) is 2.83. The number of hydrogen-bond donors (Lipinski definition) is 1. The van der Waals surface area contributed by atoms with Crippen LogP contribution in [-0.4, -0.2) is 30.5 Å². The molecule has 5 nitrogen and oxygen atoms in total. The molecule has 0 bridgehead atoms. The van der Waals surface area contributed by atoms with Crippen LogP contribution in [0.4, 0.5) is 11.4 Å². The maximum Gasteiger partial charge on any atom is 0.119 e. The Morgan fingerprint density at radius 1 is 1.33 bits per heavy atom. The van der Waals surface area contributed by atoms with Gasteiger partial charge in [-0.2, -0.15) is 5.10 Å². The molecule has 0 aliphatic heterocycles. The second kappa shape index (κ2) is 5.44. The molecule has 1 heterocycles. The highest BCUT2D eigenvalue weighted by Gasteiger charge is 2.02. The highest BCUT2D eigenvalue weighted by atomic mass is 16.5. The highest BCUT2D eigenvalue weighted by molar-refractivity contribution is 5.48. The van der Waals surface area contributed by atoms with E-state index < -0.39 is 0 Å². The molecular weight excluding hydrogens is 228 g/mol. The van der Waals surface area contributed by atoms with Crippen molar-refractivity contribution < 1.29 is 4.74 Å². The van der Waals surface area contributed by atoms with E-state index in [1.54, 1.807) is 13.3 Å². The van der Waals surface area contributed by atoms with Gasteiger partial charge in [-0.05, 0) is 24.3 Å². The Morgan fingerprint density at radius 3 is 2.61 bits per heavy atom. The number of nitrogens with zero attached hydrogens (tertiary/aromatic N) is 3. The first kappa shape index (κ1) is 12.3. The Kier molecular flexibility index (Phi) is 3.72. The molecule has 0 saturated carbocycles. The number of ether oxygens (including phenoxy) is 1. The molecule has 18 heavy (non-hydrogen) atoms. The van der Waals surface area contributed by atoms with Gasteiger partial charge in [0.25, 0.3) is 0 Å². The molecule has 0 saturated heterocycles. The van der Waals surface area contributed by atoms with Gasteiger partial charge in [0, 0.05) is 25.5 Å². The van der Waals surface area contributed by atoms with Crippen LogP contribution in [0.2, 0.25) is 0 Å². The maximum atomic E-state index is 5.62. The second-order valence-corrected chi connectivity index (χ2v) is 4.16. The minimum absolute atomic E-state index is 0.696. The van der Waals surface area contributed by atoms with Crippen molar-refractivity contribution in [2.24, 2.45) is 0 Å². The monoisotopic (exact) mass is 246 g/mol. The average Bonchev–Trinajstić information content (AvgIpc) is 2.82. The lowest BCUT2D eigenvalue weighted by Crippen LogP contribution is -2.22. The Labute approximate surface area is 107 Å². The molecule has 1 aromatic heterocycles. The van der Waals surface area contributed by atoms with Crippen molar-refractivity contribution in [3.63, 3.8) is 0 Å². The number of nitrogen functional groups attached to an aromatic ring is 1. The van der Waals surface area contributed by atoms with E-state index in [2.05, 4.69) is 17.0 Å². The van der Waals surface area contributed by atoms with E-state index in [1.807, 2.05) is 35.1 Å². The molecule has 0 radical (unpaired) electrons. The van der Waals surface area contributed by atoms with Gasteiger partial charge in [-0.1, -0.05) is 0 Å². The van der Waals surface area contributed by atoms with Crippen molar-refractivity contribution in [3.05, 3.63) is 36.7 Å². The van der Waals surface area contributed by atoms with Crippen molar-refractivity contribution in [1.82, 2.24) is 9.78 Å². The molecule has 2 aromatic rings. The van der Waals surface area contributed by atoms with Gasteiger partial charge < -0.3 is 15.4 Å². The van der Waals surface area contributed by atoms with Gasteiger partial charge >= 0.3 is 0 Å². The van der Waals surface area contributed by atoms with Crippen LogP contribution in [0.25, 0.3) is 0 Å². The number of methoxy groups -OCH3 is 1. The normalized spacial score (nSPS) is 10.3. The molecule has 0 aliphatic rings. The fraction of sp³-hybridized carbons (Fsp3) is 0.308. The molecule has 0 spiro atoms. The summed E-state index contributed by atoms with van der Waals surface area (Å²) in [5.41, 5.74) is 7.46. The topological polar surface area (TPSA) is 56.3 Å². The van der Waals surface area contributed by atoms with Gasteiger partial charge in [0.2, 0.25) is 0 Å². The van der Waals surface area contributed by atoms with Crippen LogP contribution >= 0.6 is 0 Å². The number of anilines is 2. The first-order valence-electron chi connectivity index (χ1n) is 5.82. The Balaban J connectivity index is 1.92. The Hall–Kier alpha value is -2.17. The molecule has 2 rings (SSSR count). The van der Waals surface area contributed by atoms with Crippen LogP contribution in [0.15, 0.2) is 36.7 Å². The average molecular weight is 246 g/mol. The largest absolute Gasteiger partial charge is 0.497 e. The summed E-state index contributed by atoms with van der Waals surface area (Å²) in [5.74, 6) is 0.868. The zero-order valence-electron chi connectivity index (χ0n) is 10.7. The van der Waals surface area contributed by atoms with Crippen molar-refractivity contribution >= 4 is 11.4 Å². The van der Waals surface area contributed by atoms with Crippen molar-refractivity contribution in [3.8, 4) is 5.75 Å². The van der Waals surface area contributed by atoms with E-state index in [9.17, 15) is 0 Å². The second-order valence-electron chi connectivity index (χ2n) is 4.16. The Morgan fingerprint density at radius 2 is 2.06 bits per heavy atom. The standard InChI is InChI=1S/C13H18N4O/c1-16(7-8-17-10-11(14)9-15-17)12-3-5-13(18-2)6-4-12/h3-6,9-10H,7-8,14H2,1-2H3. The zero-order chi connectivity index (χ0) is 13.0. The molecule has 96 valence electrons. The van der Waals surface area contributed by atoms with Crippen molar-refractivity contribution in [2.75, 3.05) is 31.3 Å². The van der Waals surface area contributed by atoms with Crippen molar-refractivity contribution in [2.45, 2.75) is 6.54 Å². The van der Waals surface area contributed by atoms with Crippen LogP contribution < -0.4 is 15.4 Å². The van der Waals surface area contributed by atoms with Crippen LogP contribution in [0, 0.1) is 0 Å². The van der Waals surface area contributed by atoms with Gasteiger partial charge in [0.15, 0.2) is 0 Å². The first-order chi connectivity index (χ1) is 8.69. The lowest BCUT2D eigenvalue weighted by Gasteiger charge is -2.19. The van der Waals surface area contributed by atoms with Crippen molar-refractivity contribution in [1.29, 1.82) is 0 Å². The molecule has 0 fully saturated rings. The van der Waals surface area contributed by atoms with Crippen LogP contribution in [0.3, 0.4) is 0 Å². The van der Waals surface area contributed by atoms with E-state index in [4.69, 9.17) is 10.5 Å². The minimum Gasteiger partial charge on any atom is -0.497 e. The van der Waals surface area contributed by atoms with E-state index in [0.717, 1.165) is 24.5 Å². The molecule has 1 aromatic carbocycles. The van der Waals surface area contributed by atoms with E-state index in [1.165, 1.54) is 0 Å². The number of aromatic nitrogens is 2. The SMILES string of the molecule is COc1ccc(N(C)CCn2cc(N)cn2)cc1. The maximum absolute atomic E-state index is 5.62. The summed E-state index contributed by atoms with van der Waals surface area (Å²) in [5, 5.41) is 4.15. The fourth-order valence-corrected chi connectivity index (χ4v) is 1.72. The lowest BCUT2D eigenvalue weighted by atomic mass is 10.3. The zero-order valence-corrected chi connectivity index (χ0v) is 10.7. The molecule has 0 amide bonds. The summed E-state index contributed by atoms with van der Waals surface area (Å²) in [4.78, 5) is 2.16. The highest BCUT2D eigenvalue weighted by Crippen LogP contribution is 2.17. The van der Waals surface area contributed by atoms with Gasteiger partial charge in [-0.25, -0.2) is 0 Å². The minimum atomic E-state index is 0.696. The van der Waals surface area contributed by atoms with Crippen LogP contribution in [-0.2, 0) is 6.54 Å². The number of benzene rings is 1. The summed E-state index contributed by atoms with van der Waals surface area (Å²) in [6, 6.07) is 7.99. The van der Waals surface area contributed by atoms with Crippen LogP contribution in [0.5, 0.6) is 5.75 Å². The summed E-state index contributed by atoms with van der Waals surface area (Å²) in [6.45, 7) is 1.67. The fourth-order valence-electron chi connectivity index (χ4n) is 1.72. The predicted molar refractivity (Wildman–Crippen MR) is 72.9 cm³/mol. The number of likely N-dealkylation sites (N-methyl/N-ethyl adjacent to an activating group) is 1. The predicted octanol–water partition coefficient (Wildman–Crippen LogP) is 1.61. The summed E-state index contributed by atoms with van der Waals surface area (Å²) in [6.07, 6.45) is 3.50. The molecule has 2 N–H and O–H groups in total. The molecule has 5 heteroatoms. The quantitative estimate of drug-likeness (QED) is 0.870. The number of hydrogen-bond acceptors (Lipinski definition) is 4. The van der Waals surface area contributed by atoms with Crippen LogP contribution in [0.1, 0.15) is 0 Å². The number of rotatable bonds is 5. The van der Waals surface area contributed by atoms with Gasteiger partial charge in [-0.3, -0.25) is 4.68 Å². The third kappa shape index (κ3) is 2.94. The Bertz CT molecular complexity index is 492. The lowest BCUT2D eigenvalue weighted by molar-refractivity contribution is 0.415. The molecular formula is C13H18N4O. The molecule has 0 atom stereocenters. The van der Waals surface area contributed by atoms with E-state index >= 15 is 0 Å². The summed E-state index contributed by atoms with van der Waals surface area (Å²) >= 11 is 0. The van der Waals surface area contributed by atoms with Gasteiger partial charge in [-0.15, -0.1) is 0 Å². The number of nitrogens with two attached hydrogens (primary N) is 1. The molecule has 0 unspecified atom stereocenters. The summed E-state index contributed by atoms with van der Waals surface area (Å²) < 4.78 is 6.98. The third-order valence-corrected chi connectivity index (χ3v) is 2.83. The van der Waals surface area contributed by atoms with Gasteiger partial charge in [0.05, 0.1) is 25.5 Å². The van der Waals surface area contributed by atoms with Gasteiger partial charge in [0.1, 0.15) is 5.75 Å². The van der Waals surface area contributed by atoms with E-state index in [0.29, 0.717) is 5.69 Å². The van der Waals surface area contributed by atoms with E-state index in [-0.39, 0.29) is 0 Å². The smallest absolute Gasteiger partial charge is 0.119 e. The molecule has 0 aliphatic carbocycles.